The predicted molar refractivity (Wildman–Crippen MR) is 81.6 cm³/mol. The van der Waals surface area contributed by atoms with Gasteiger partial charge in [0.1, 0.15) is 0 Å². The van der Waals surface area contributed by atoms with Crippen molar-refractivity contribution in [3.05, 3.63) is 77.5 Å². The van der Waals surface area contributed by atoms with E-state index < -0.39 is 6.10 Å². The fraction of sp³-hybridized carbons (Fsp3) is 0.167. The van der Waals surface area contributed by atoms with Gasteiger partial charge in [-0.15, -0.1) is 0 Å². The summed E-state index contributed by atoms with van der Waals surface area (Å²) < 4.78 is 0. The van der Waals surface area contributed by atoms with Crippen molar-refractivity contribution in [3.63, 3.8) is 0 Å². The molecule has 2 nitrogen and oxygen atoms in total. The van der Waals surface area contributed by atoms with Crippen molar-refractivity contribution in [3.8, 4) is 0 Å². The van der Waals surface area contributed by atoms with Crippen LogP contribution in [-0.4, -0.2) is 10.1 Å². The van der Waals surface area contributed by atoms with Crippen LogP contribution in [0, 0.1) is 6.92 Å². The molecule has 20 heavy (non-hydrogen) atoms. The minimum atomic E-state index is -0.511. The van der Waals surface area contributed by atoms with E-state index in [9.17, 15) is 5.11 Å². The molecule has 0 aliphatic rings. The highest BCUT2D eigenvalue weighted by molar-refractivity contribution is 5.79. The zero-order chi connectivity index (χ0) is 13.9. The number of pyridine rings is 1. The molecule has 3 aromatic rings. The summed E-state index contributed by atoms with van der Waals surface area (Å²) in [6, 6.07) is 19.9. The molecule has 1 unspecified atom stereocenters. The van der Waals surface area contributed by atoms with Gasteiger partial charge in [-0.25, -0.2) is 0 Å². The molecule has 0 saturated carbocycles. The first kappa shape index (κ1) is 12.8. The van der Waals surface area contributed by atoms with E-state index >= 15 is 0 Å². The summed E-state index contributed by atoms with van der Waals surface area (Å²) in [6.45, 7) is 2.05. The van der Waals surface area contributed by atoms with Crippen LogP contribution >= 0.6 is 0 Å². The molecule has 0 aliphatic heterocycles. The molecule has 1 atom stereocenters. The Kier molecular flexibility index (Phi) is 3.48. The first-order valence-electron chi connectivity index (χ1n) is 6.82. The molecule has 2 heteroatoms. The van der Waals surface area contributed by atoms with E-state index in [1.807, 2.05) is 55.5 Å². The van der Waals surface area contributed by atoms with Crippen molar-refractivity contribution in [2.45, 2.75) is 19.4 Å². The number of hydrogen-bond donors (Lipinski definition) is 1. The quantitative estimate of drug-likeness (QED) is 0.779. The number of aryl methyl sites for hydroxylation is 1. The summed E-state index contributed by atoms with van der Waals surface area (Å²) >= 11 is 0. The first-order chi connectivity index (χ1) is 9.74. The van der Waals surface area contributed by atoms with Gasteiger partial charge in [0.25, 0.3) is 0 Å². The van der Waals surface area contributed by atoms with E-state index in [1.165, 1.54) is 0 Å². The Balaban J connectivity index is 1.92. The van der Waals surface area contributed by atoms with Gasteiger partial charge in [0.15, 0.2) is 0 Å². The summed E-state index contributed by atoms with van der Waals surface area (Å²) in [5, 5.41) is 11.5. The van der Waals surface area contributed by atoms with Crippen LogP contribution in [0.25, 0.3) is 10.9 Å². The van der Waals surface area contributed by atoms with Crippen molar-refractivity contribution in [1.29, 1.82) is 0 Å². The van der Waals surface area contributed by atoms with E-state index in [1.54, 1.807) is 0 Å². The van der Waals surface area contributed by atoms with E-state index in [0.29, 0.717) is 6.42 Å². The molecule has 1 aromatic heterocycles. The smallest absolute Gasteiger partial charge is 0.0845 e. The average molecular weight is 263 g/mol. The fourth-order valence-corrected chi connectivity index (χ4v) is 2.44. The third kappa shape index (κ3) is 2.56. The summed E-state index contributed by atoms with van der Waals surface area (Å²) in [4.78, 5) is 4.68. The van der Waals surface area contributed by atoms with Crippen molar-refractivity contribution >= 4 is 10.9 Å². The number of hydrogen-bond acceptors (Lipinski definition) is 2. The van der Waals surface area contributed by atoms with Crippen LogP contribution in [0.5, 0.6) is 0 Å². The summed E-state index contributed by atoms with van der Waals surface area (Å²) in [7, 11) is 0. The molecule has 3 rings (SSSR count). The second-order valence-corrected chi connectivity index (χ2v) is 5.08. The fourth-order valence-electron chi connectivity index (χ4n) is 2.44. The molecule has 0 saturated heterocycles. The third-order valence-electron chi connectivity index (χ3n) is 3.59. The van der Waals surface area contributed by atoms with Gasteiger partial charge in [-0.2, -0.15) is 0 Å². The number of nitrogens with zero attached hydrogens (tertiary/aromatic N) is 1. The largest absolute Gasteiger partial charge is 0.388 e. The maximum Gasteiger partial charge on any atom is 0.0845 e. The van der Waals surface area contributed by atoms with Crippen molar-refractivity contribution in [2.75, 3.05) is 0 Å². The van der Waals surface area contributed by atoms with Crippen LogP contribution in [0.4, 0.5) is 0 Å². The Morgan fingerprint density at radius 3 is 2.50 bits per heavy atom. The van der Waals surface area contributed by atoms with Crippen molar-refractivity contribution in [2.24, 2.45) is 0 Å². The van der Waals surface area contributed by atoms with Gasteiger partial charge in [0.05, 0.1) is 11.6 Å². The summed E-state index contributed by atoms with van der Waals surface area (Å²) in [6.07, 6.45) is 0.0318. The van der Waals surface area contributed by atoms with Crippen LogP contribution in [0.15, 0.2) is 60.7 Å². The van der Waals surface area contributed by atoms with Crippen LogP contribution in [0.2, 0.25) is 0 Å². The van der Waals surface area contributed by atoms with Crippen LogP contribution in [0.1, 0.15) is 22.9 Å². The van der Waals surface area contributed by atoms with E-state index in [2.05, 4.69) is 17.1 Å². The Labute approximate surface area is 118 Å². The summed E-state index contributed by atoms with van der Waals surface area (Å²) in [5.41, 5.74) is 3.99. The molecule has 0 spiro atoms. The Morgan fingerprint density at radius 1 is 1.00 bits per heavy atom. The molecular weight excluding hydrogens is 246 g/mol. The number of benzene rings is 2. The molecule has 0 aliphatic carbocycles. The average Bonchev–Trinajstić information content (AvgIpc) is 2.49. The van der Waals surface area contributed by atoms with Gasteiger partial charge in [0.2, 0.25) is 0 Å². The lowest BCUT2D eigenvalue weighted by molar-refractivity contribution is 0.177. The van der Waals surface area contributed by atoms with E-state index in [4.69, 9.17) is 0 Å². The third-order valence-corrected chi connectivity index (χ3v) is 3.59. The predicted octanol–water partition coefficient (Wildman–Crippen LogP) is 3.82. The molecule has 0 radical (unpaired) electrons. The first-order valence-corrected chi connectivity index (χ1v) is 6.82. The van der Waals surface area contributed by atoms with Crippen molar-refractivity contribution < 1.29 is 5.11 Å². The lowest BCUT2D eigenvalue weighted by Gasteiger charge is -2.13. The Hall–Kier alpha value is -2.19. The second-order valence-electron chi connectivity index (χ2n) is 5.08. The maximum absolute atomic E-state index is 10.3. The lowest BCUT2D eigenvalue weighted by Crippen LogP contribution is -2.05. The molecule has 0 amide bonds. The van der Waals surface area contributed by atoms with Crippen LogP contribution < -0.4 is 0 Å². The summed E-state index contributed by atoms with van der Waals surface area (Å²) in [5.74, 6) is 0. The standard InChI is InChI=1S/C18H17NO/c1-13-11-15-9-5-6-10-16(15)19-17(13)12-18(20)14-7-3-2-4-8-14/h2-11,18,20H,12H2,1H3. The molecule has 0 fully saturated rings. The van der Waals surface area contributed by atoms with Gasteiger partial charge < -0.3 is 5.11 Å². The Bertz CT molecular complexity index is 722. The van der Waals surface area contributed by atoms with E-state index in [-0.39, 0.29) is 0 Å². The maximum atomic E-state index is 10.3. The van der Waals surface area contributed by atoms with Gasteiger partial charge in [-0.1, -0.05) is 48.5 Å². The molecule has 2 aromatic carbocycles. The van der Waals surface area contributed by atoms with Gasteiger partial charge in [-0.05, 0) is 30.2 Å². The molecule has 1 N–H and O–H groups in total. The highest BCUT2D eigenvalue weighted by atomic mass is 16.3. The minimum absolute atomic E-state index is 0.511. The number of fused-ring (bicyclic) bond motifs is 1. The highest BCUT2D eigenvalue weighted by Gasteiger charge is 2.11. The topological polar surface area (TPSA) is 33.1 Å². The lowest BCUT2D eigenvalue weighted by atomic mass is 10.0. The number of aliphatic hydroxyl groups is 1. The minimum Gasteiger partial charge on any atom is -0.388 e. The molecule has 1 heterocycles. The second kappa shape index (κ2) is 5.43. The van der Waals surface area contributed by atoms with Crippen LogP contribution in [0.3, 0.4) is 0 Å². The number of rotatable bonds is 3. The van der Waals surface area contributed by atoms with Gasteiger partial charge >= 0.3 is 0 Å². The molecule has 100 valence electrons. The highest BCUT2D eigenvalue weighted by Crippen LogP contribution is 2.22. The van der Waals surface area contributed by atoms with Gasteiger partial charge in [-0.3, -0.25) is 4.98 Å². The molecular formula is C18H17NO. The normalized spacial score (nSPS) is 12.5. The number of aromatic nitrogens is 1. The van der Waals surface area contributed by atoms with Crippen molar-refractivity contribution in [1.82, 2.24) is 4.98 Å². The van der Waals surface area contributed by atoms with Crippen LogP contribution in [-0.2, 0) is 6.42 Å². The number of aliphatic hydroxyl groups excluding tert-OH is 1. The monoisotopic (exact) mass is 263 g/mol. The zero-order valence-corrected chi connectivity index (χ0v) is 11.5. The SMILES string of the molecule is Cc1cc2ccccc2nc1CC(O)c1ccccc1. The zero-order valence-electron chi connectivity index (χ0n) is 11.5. The Morgan fingerprint density at radius 2 is 1.70 bits per heavy atom. The number of para-hydroxylation sites is 1. The molecule has 0 bridgehead atoms. The van der Waals surface area contributed by atoms with Gasteiger partial charge in [0, 0.05) is 17.5 Å². The van der Waals surface area contributed by atoms with E-state index in [0.717, 1.165) is 27.7 Å².